The number of hydrogen-bond acceptors (Lipinski definition) is 2. The van der Waals surface area contributed by atoms with Crippen LogP contribution in [-0.2, 0) is 0 Å². The SMILES string of the molecule is B1C[C@@H]2CNC1CN2. The molecule has 3 aliphatic rings. The van der Waals surface area contributed by atoms with Gasteiger partial charge >= 0.3 is 0 Å². The fourth-order valence-electron chi connectivity index (χ4n) is 1.57. The third-order valence-electron chi connectivity index (χ3n) is 2.17. The highest BCUT2D eigenvalue weighted by Gasteiger charge is 2.26. The number of hydrogen-bond donors (Lipinski definition) is 2. The summed E-state index contributed by atoms with van der Waals surface area (Å²) >= 11 is 0. The summed E-state index contributed by atoms with van der Waals surface area (Å²) in [5, 5.41) is 6.91. The third kappa shape index (κ3) is 0.662. The Morgan fingerprint density at radius 2 is 2.25 bits per heavy atom. The predicted octanol–water partition coefficient (Wildman–Crippen LogP) is -1.26. The molecule has 1 unspecified atom stereocenters. The summed E-state index contributed by atoms with van der Waals surface area (Å²) in [5.74, 6) is 0.792. The van der Waals surface area contributed by atoms with Crippen molar-refractivity contribution in [2.24, 2.45) is 0 Å². The minimum Gasteiger partial charge on any atom is -0.319 e. The van der Waals surface area contributed by atoms with Gasteiger partial charge in [0.05, 0.1) is 0 Å². The molecule has 3 rings (SSSR count). The van der Waals surface area contributed by atoms with Crippen LogP contribution in [-0.4, -0.2) is 32.4 Å². The number of nitrogens with one attached hydrogen (secondary N) is 2. The fourth-order valence-corrected chi connectivity index (χ4v) is 1.57. The van der Waals surface area contributed by atoms with E-state index in [0.717, 1.165) is 12.0 Å². The van der Waals surface area contributed by atoms with Gasteiger partial charge in [0.1, 0.15) is 7.28 Å². The number of rotatable bonds is 0. The van der Waals surface area contributed by atoms with E-state index in [1.807, 2.05) is 0 Å². The molecule has 3 heteroatoms. The lowest BCUT2D eigenvalue weighted by atomic mass is 9.59. The van der Waals surface area contributed by atoms with Crippen molar-refractivity contribution in [2.75, 3.05) is 13.1 Å². The molecule has 0 aromatic rings. The van der Waals surface area contributed by atoms with Crippen molar-refractivity contribution in [2.45, 2.75) is 18.3 Å². The maximum atomic E-state index is 3.46. The summed E-state index contributed by atoms with van der Waals surface area (Å²) in [5.41, 5.74) is 0. The van der Waals surface area contributed by atoms with Crippen LogP contribution < -0.4 is 10.6 Å². The van der Waals surface area contributed by atoms with Crippen LogP contribution in [0, 0.1) is 0 Å². The Hall–Kier alpha value is -0.0151. The Bertz CT molecular complexity index is 65.4. The van der Waals surface area contributed by atoms with Crippen LogP contribution in [0.5, 0.6) is 0 Å². The van der Waals surface area contributed by atoms with Crippen LogP contribution in [0.15, 0.2) is 0 Å². The molecule has 2 atom stereocenters. The molecule has 0 radical (unpaired) electrons. The van der Waals surface area contributed by atoms with Gasteiger partial charge in [-0.3, -0.25) is 0 Å². The van der Waals surface area contributed by atoms with Crippen molar-refractivity contribution >= 4 is 7.28 Å². The van der Waals surface area contributed by atoms with Gasteiger partial charge in [-0.1, -0.05) is 6.32 Å². The van der Waals surface area contributed by atoms with Gasteiger partial charge in [-0.15, -0.1) is 0 Å². The molecule has 3 aliphatic heterocycles. The zero-order chi connectivity index (χ0) is 5.40. The lowest BCUT2D eigenvalue weighted by Crippen LogP contribution is -2.62. The number of fused-ring (bicyclic) bond motifs is 3. The van der Waals surface area contributed by atoms with Gasteiger partial charge in [-0.2, -0.15) is 0 Å². The summed E-state index contributed by atoms with van der Waals surface area (Å²) in [6.07, 6.45) is 1.39. The van der Waals surface area contributed by atoms with Crippen LogP contribution in [0.25, 0.3) is 0 Å². The Morgan fingerprint density at radius 3 is 2.38 bits per heavy atom. The highest BCUT2D eigenvalue weighted by atomic mass is 15.1. The van der Waals surface area contributed by atoms with Crippen molar-refractivity contribution in [3.05, 3.63) is 0 Å². The molecule has 0 saturated carbocycles. The molecule has 0 spiro atoms. The standard InChI is InChI=1S/C5H11BN2/c1-4-2-8-5(6-1)3-7-4/h4-8H,1-3H2/t4-,5?/m1/s1. The lowest BCUT2D eigenvalue weighted by molar-refractivity contribution is 0.388. The Morgan fingerprint density at radius 1 is 1.25 bits per heavy atom. The summed E-state index contributed by atoms with van der Waals surface area (Å²) in [7, 11) is 1.39. The average molecular weight is 110 g/mol. The minimum atomic E-state index is 0.792. The van der Waals surface area contributed by atoms with E-state index in [9.17, 15) is 0 Å². The van der Waals surface area contributed by atoms with E-state index in [0.29, 0.717) is 0 Å². The van der Waals surface area contributed by atoms with Gasteiger partial charge in [-0.25, -0.2) is 0 Å². The van der Waals surface area contributed by atoms with E-state index in [1.165, 1.54) is 26.7 Å². The second-order valence-electron chi connectivity index (χ2n) is 2.79. The van der Waals surface area contributed by atoms with Gasteiger partial charge in [0.25, 0.3) is 0 Å². The van der Waals surface area contributed by atoms with E-state index in [2.05, 4.69) is 10.6 Å². The highest BCUT2D eigenvalue weighted by Crippen LogP contribution is 2.05. The summed E-state index contributed by atoms with van der Waals surface area (Å²) in [6, 6.07) is 0.792. The first-order chi connectivity index (χ1) is 3.95. The first kappa shape index (κ1) is 4.83. The third-order valence-corrected chi connectivity index (χ3v) is 2.17. The molecule has 3 heterocycles. The molecule has 2 nitrogen and oxygen atoms in total. The van der Waals surface area contributed by atoms with Gasteiger partial charge in [0.15, 0.2) is 0 Å². The lowest BCUT2D eigenvalue weighted by Gasteiger charge is -2.37. The molecular formula is C5H11BN2. The normalized spacial score (nSPS) is 44.0. The highest BCUT2D eigenvalue weighted by molar-refractivity contribution is 6.38. The van der Waals surface area contributed by atoms with Crippen LogP contribution in [0.3, 0.4) is 0 Å². The predicted molar refractivity (Wildman–Crippen MR) is 35.5 cm³/mol. The molecule has 0 amide bonds. The van der Waals surface area contributed by atoms with Gasteiger partial charge < -0.3 is 10.6 Å². The van der Waals surface area contributed by atoms with Gasteiger partial charge in [0, 0.05) is 19.1 Å². The monoisotopic (exact) mass is 110 g/mol. The van der Waals surface area contributed by atoms with E-state index in [1.54, 1.807) is 0 Å². The molecule has 2 N–H and O–H groups in total. The fraction of sp³-hybridized carbons (Fsp3) is 1.00. The quantitative estimate of drug-likeness (QED) is 0.380. The second-order valence-corrected chi connectivity index (χ2v) is 2.79. The first-order valence-corrected chi connectivity index (χ1v) is 3.42. The Kier molecular flexibility index (Phi) is 1.05. The molecule has 3 saturated heterocycles. The molecule has 0 aromatic heterocycles. The molecule has 44 valence electrons. The maximum absolute atomic E-state index is 3.46. The molecule has 0 aliphatic carbocycles. The largest absolute Gasteiger partial charge is 0.319 e. The summed E-state index contributed by atoms with van der Waals surface area (Å²) in [6.45, 7) is 2.40. The van der Waals surface area contributed by atoms with Crippen LogP contribution >= 0.6 is 0 Å². The molecular weight excluding hydrogens is 98.9 g/mol. The van der Waals surface area contributed by atoms with Crippen LogP contribution in [0.2, 0.25) is 6.32 Å². The van der Waals surface area contributed by atoms with E-state index >= 15 is 0 Å². The molecule has 3 fully saturated rings. The molecule has 0 aromatic carbocycles. The van der Waals surface area contributed by atoms with Crippen molar-refractivity contribution < 1.29 is 0 Å². The van der Waals surface area contributed by atoms with Gasteiger partial charge in [0.2, 0.25) is 0 Å². The average Bonchev–Trinajstić information content (AvgIpc) is 1.92. The second kappa shape index (κ2) is 1.74. The first-order valence-electron chi connectivity index (χ1n) is 3.42. The van der Waals surface area contributed by atoms with Crippen LogP contribution in [0.4, 0.5) is 0 Å². The van der Waals surface area contributed by atoms with Crippen molar-refractivity contribution in [3.63, 3.8) is 0 Å². The van der Waals surface area contributed by atoms with Crippen molar-refractivity contribution in [1.82, 2.24) is 10.6 Å². The minimum absolute atomic E-state index is 0.792. The summed E-state index contributed by atoms with van der Waals surface area (Å²) < 4.78 is 0. The number of piperazine rings is 1. The zero-order valence-corrected chi connectivity index (χ0v) is 4.98. The maximum Gasteiger partial charge on any atom is 0.145 e. The van der Waals surface area contributed by atoms with Gasteiger partial charge in [-0.05, 0) is 5.94 Å². The van der Waals surface area contributed by atoms with Crippen LogP contribution in [0.1, 0.15) is 0 Å². The van der Waals surface area contributed by atoms with E-state index < -0.39 is 0 Å². The smallest absolute Gasteiger partial charge is 0.145 e. The zero-order valence-electron chi connectivity index (χ0n) is 4.98. The van der Waals surface area contributed by atoms with Crippen molar-refractivity contribution in [1.29, 1.82) is 0 Å². The Labute approximate surface area is 50.3 Å². The molecule has 2 bridgehead atoms. The molecule has 8 heavy (non-hydrogen) atoms. The topological polar surface area (TPSA) is 24.1 Å². The Balaban J connectivity index is 2.03. The van der Waals surface area contributed by atoms with E-state index in [-0.39, 0.29) is 0 Å². The van der Waals surface area contributed by atoms with E-state index in [4.69, 9.17) is 0 Å². The summed E-state index contributed by atoms with van der Waals surface area (Å²) in [4.78, 5) is 0. The van der Waals surface area contributed by atoms with Crippen molar-refractivity contribution in [3.8, 4) is 0 Å².